The highest BCUT2D eigenvalue weighted by atomic mass is 35.5. The van der Waals surface area contributed by atoms with Crippen molar-refractivity contribution in [2.24, 2.45) is 11.1 Å². The normalized spacial score (nSPS) is 13.7. The first-order chi connectivity index (χ1) is 6.91. The SMILES string of the molecule is CC(C)(C)C(N)COc1ccccc1Cl. The van der Waals surface area contributed by atoms with Gasteiger partial charge in [-0.05, 0) is 17.5 Å². The summed E-state index contributed by atoms with van der Waals surface area (Å²) in [5, 5.41) is 0.624. The van der Waals surface area contributed by atoms with Crippen LogP contribution in [0.2, 0.25) is 5.02 Å². The first kappa shape index (κ1) is 12.3. The van der Waals surface area contributed by atoms with Gasteiger partial charge in [-0.25, -0.2) is 0 Å². The van der Waals surface area contributed by atoms with E-state index in [1.165, 1.54) is 0 Å². The average molecular weight is 228 g/mol. The van der Waals surface area contributed by atoms with Crippen LogP contribution in [-0.2, 0) is 0 Å². The lowest BCUT2D eigenvalue weighted by atomic mass is 9.88. The third kappa shape index (κ3) is 3.73. The van der Waals surface area contributed by atoms with Gasteiger partial charge in [-0.3, -0.25) is 0 Å². The molecule has 0 aliphatic heterocycles. The number of nitrogens with two attached hydrogens (primary N) is 1. The monoisotopic (exact) mass is 227 g/mol. The molecule has 0 saturated heterocycles. The summed E-state index contributed by atoms with van der Waals surface area (Å²) in [6.45, 7) is 6.75. The Labute approximate surface area is 96.4 Å². The van der Waals surface area contributed by atoms with Gasteiger partial charge in [-0.2, -0.15) is 0 Å². The van der Waals surface area contributed by atoms with Gasteiger partial charge in [0.05, 0.1) is 5.02 Å². The average Bonchev–Trinajstić information content (AvgIpc) is 2.14. The summed E-state index contributed by atoms with van der Waals surface area (Å²) in [4.78, 5) is 0. The summed E-state index contributed by atoms with van der Waals surface area (Å²) < 4.78 is 5.57. The lowest BCUT2D eigenvalue weighted by Gasteiger charge is -2.26. The number of rotatable bonds is 3. The first-order valence-electron chi connectivity index (χ1n) is 5.04. The Morgan fingerprint density at radius 1 is 1.33 bits per heavy atom. The Bertz CT molecular complexity index is 320. The zero-order valence-corrected chi connectivity index (χ0v) is 10.2. The largest absolute Gasteiger partial charge is 0.490 e. The van der Waals surface area contributed by atoms with Crippen LogP contribution in [0.5, 0.6) is 5.75 Å². The zero-order valence-electron chi connectivity index (χ0n) is 9.46. The molecule has 1 rings (SSSR count). The standard InChI is InChI=1S/C12H18ClNO/c1-12(2,3)11(14)8-15-10-7-5-4-6-9(10)13/h4-7,11H,8,14H2,1-3H3. The van der Waals surface area contributed by atoms with Crippen LogP contribution in [0.25, 0.3) is 0 Å². The van der Waals surface area contributed by atoms with E-state index in [0.717, 1.165) is 0 Å². The number of para-hydroxylation sites is 1. The molecule has 0 aliphatic rings. The summed E-state index contributed by atoms with van der Waals surface area (Å²) in [7, 11) is 0. The van der Waals surface area contributed by atoms with Gasteiger partial charge >= 0.3 is 0 Å². The highest BCUT2D eigenvalue weighted by molar-refractivity contribution is 6.32. The Hall–Kier alpha value is -0.730. The zero-order chi connectivity index (χ0) is 11.5. The van der Waals surface area contributed by atoms with Crippen molar-refractivity contribution < 1.29 is 4.74 Å². The third-order valence-corrected chi connectivity index (χ3v) is 2.68. The van der Waals surface area contributed by atoms with Crippen LogP contribution in [-0.4, -0.2) is 12.6 Å². The van der Waals surface area contributed by atoms with Crippen molar-refractivity contribution in [3.05, 3.63) is 29.3 Å². The maximum atomic E-state index is 5.98. The molecule has 0 saturated carbocycles. The van der Waals surface area contributed by atoms with Crippen molar-refractivity contribution in [3.8, 4) is 5.75 Å². The second kappa shape index (κ2) is 4.86. The lowest BCUT2D eigenvalue weighted by Crippen LogP contribution is -2.40. The van der Waals surface area contributed by atoms with Crippen LogP contribution < -0.4 is 10.5 Å². The molecule has 3 heteroatoms. The molecule has 15 heavy (non-hydrogen) atoms. The Kier molecular flexibility index (Phi) is 4.00. The molecule has 0 radical (unpaired) electrons. The molecule has 0 spiro atoms. The van der Waals surface area contributed by atoms with Crippen LogP contribution in [0.4, 0.5) is 0 Å². The van der Waals surface area contributed by atoms with E-state index in [4.69, 9.17) is 22.1 Å². The molecule has 0 amide bonds. The molecule has 0 bridgehead atoms. The van der Waals surface area contributed by atoms with E-state index >= 15 is 0 Å². The summed E-state index contributed by atoms with van der Waals surface area (Å²) in [6.07, 6.45) is 0. The molecule has 0 fully saturated rings. The van der Waals surface area contributed by atoms with Gasteiger partial charge in [0.2, 0.25) is 0 Å². The predicted molar refractivity (Wildman–Crippen MR) is 64.4 cm³/mol. The van der Waals surface area contributed by atoms with Crippen LogP contribution in [0.1, 0.15) is 20.8 Å². The highest BCUT2D eigenvalue weighted by Gasteiger charge is 2.21. The fourth-order valence-electron chi connectivity index (χ4n) is 0.991. The van der Waals surface area contributed by atoms with Gasteiger partial charge in [-0.1, -0.05) is 44.5 Å². The summed E-state index contributed by atoms with van der Waals surface area (Å²) in [6, 6.07) is 7.41. The molecule has 1 unspecified atom stereocenters. The molecule has 2 nitrogen and oxygen atoms in total. The summed E-state index contributed by atoms with van der Waals surface area (Å²) >= 11 is 5.96. The molecule has 84 valence electrons. The van der Waals surface area contributed by atoms with E-state index in [2.05, 4.69) is 20.8 Å². The van der Waals surface area contributed by atoms with Crippen molar-refractivity contribution >= 4 is 11.6 Å². The van der Waals surface area contributed by atoms with Gasteiger partial charge in [0.15, 0.2) is 0 Å². The van der Waals surface area contributed by atoms with Gasteiger partial charge in [0, 0.05) is 6.04 Å². The van der Waals surface area contributed by atoms with Gasteiger partial charge in [-0.15, -0.1) is 0 Å². The van der Waals surface area contributed by atoms with E-state index in [9.17, 15) is 0 Å². The molecular formula is C12H18ClNO. The van der Waals surface area contributed by atoms with Gasteiger partial charge in [0.25, 0.3) is 0 Å². The van der Waals surface area contributed by atoms with Crippen LogP contribution in [0.15, 0.2) is 24.3 Å². The van der Waals surface area contributed by atoms with Crippen molar-refractivity contribution in [1.82, 2.24) is 0 Å². The van der Waals surface area contributed by atoms with Gasteiger partial charge in [0.1, 0.15) is 12.4 Å². The number of hydrogen-bond donors (Lipinski definition) is 1. The smallest absolute Gasteiger partial charge is 0.137 e. The maximum Gasteiger partial charge on any atom is 0.137 e. The fraction of sp³-hybridized carbons (Fsp3) is 0.500. The maximum absolute atomic E-state index is 5.98. The van der Waals surface area contributed by atoms with E-state index in [1.54, 1.807) is 6.07 Å². The minimum atomic E-state index is -0.00577. The molecule has 2 N–H and O–H groups in total. The molecule has 0 aliphatic carbocycles. The van der Waals surface area contributed by atoms with E-state index < -0.39 is 0 Å². The lowest BCUT2D eigenvalue weighted by molar-refractivity contribution is 0.205. The van der Waals surface area contributed by atoms with E-state index in [1.807, 2.05) is 18.2 Å². The summed E-state index contributed by atoms with van der Waals surface area (Å²) in [5.74, 6) is 0.693. The van der Waals surface area contributed by atoms with E-state index in [-0.39, 0.29) is 11.5 Å². The Morgan fingerprint density at radius 3 is 2.47 bits per heavy atom. The predicted octanol–water partition coefficient (Wildman–Crippen LogP) is 3.09. The van der Waals surface area contributed by atoms with Gasteiger partial charge < -0.3 is 10.5 Å². The Morgan fingerprint density at radius 2 is 1.93 bits per heavy atom. The molecule has 1 aromatic rings. The minimum Gasteiger partial charge on any atom is -0.490 e. The third-order valence-electron chi connectivity index (χ3n) is 2.37. The van der Waals surface area contributed by atoms with Crippen molar-refractivity contribution in [2.45, 2.75) is 26.8 Å². The van der Waals surface area contributed by atoms with Crippen molar-refractivity contribution in [2.75, 3.05) is 6.61 Å². The second-order valence-corrected chi connectivity index (χ2v) is 5.12. The Balaban J connectivity index is 2.55. The van der Waals surface area contributed by atoms with Crippen LogP contribution in [0.3, 0.4) is 0 Å². The molecule has 0 heterocycles. The number of halogens is 1. The summed E-state index contributed by atoms with van der Waals surface area (Å²) in [5.41, 5.74) is 6.02. The van der Waals surface area contributed by atoms with E-state index in [0.29, 0.717) is 17.4 Å². The fourth-order valence-corrected chi connectivity index (χ4v) is 1.18. The number of benzene rings is 1. The number of hydrogen-bond acceptors (Lipinski definition) is 2. The topological polar surface area (TPSA) is 35.2 Å². The quantitative estimate of drug-likeness (QED) is 0.862. The van der Waals surface area contributed by atoms with Crippen LogP contribution in [0, 0.1) is 5.41 Å². The van der Waals surface area contributed by atoms with Crippen molar-refractivity contribution in [1.29, 1.82) is 0 Å². The van der Waals surface area contributed by atoms with Crippen molar-refractivity contribution in [3.63, 3.8) is 0 Å². The highest BCUT2D eigenvalue weighted by Crippen LogP contribution is 2.24. The number of ether oxygens (including phenoxy) is 1. The molecule has 0 aromatic heterocycles. The second-order valence-electron chi connectivity index (χ2n) is 4.71. The molecule has 1 aromatic carbocycles. The van der Waals surface area contributed by atoms with Crippen LogP contribution >= 0.6 is 11.6 Å². The molecule has 1 atom stereocenters. The molecular weight excluding hydrogens is 210 g/mol. The minimum absolute atomic E-state index is 0.00577. The first-order valence-corrected chi connectivity index (χ1v) is 5.42.